The predicted molar refractivity (Wildman–Crippen MR) is 70.9 cm³/mol. The Morgan fingerprint density at radius 3 is 3.22 bits per heavy atom. The van der Waals surface area contributed by atoms with Crippen molar-refractivity contribution in [2.75, 3.05) is 26.7 Å². The molecule has 18 heavy (non-hydrogen) atoms. The molecular formula is C14H20N4. The Morgan fingerprint density at radius 2 is 2.50 bits per heavy atom. The molecule has 2 rings (SSSR count). The van der Waals surface area contributed by atoms with Crippen molar-refractivity contribution in [2.24, 2.45) is 5.92 Å². The van der Waals surface area contributed by atoms with Crippen LogP contribution in [0, 0.1) is 17.2 Å². The van der Waals surface area contributed by atoms with Gasteiger partial charge in [-0.15, -0.1) is 0 Å². The van der Waals surface area contributed by atoms with Crippen LogP contribution in [0.3, 0.4) is 0 Å². The van der Waals surface area contributed by atoms with E-state index < -0.39 is 0 Å². The van der Waals surface area contributed by atoms with E-state index in [0.717, 1.165) is 37.7 Å². The van der Waals surface area contributed by atoms with Crippen molar-refractivity contribution < 1.29 is 0 Å². The first-order valence-electron chi connectivity index (χ1n) is 6.53. The normalized spacial score (nSPS) is 19.7. The molecule has 1 aromatic heterocycles. The van der Waals surface area contributed by atoms with Gasteiger partial charge in [0.15, 0.2) is 0 Å². The zero-order chi connectivity index (χ0) is 12.8. The minimum absolute atomic E-state index is 0.547. The largest absolute Gasteiger partial charge is 0.316 e. The summed E-state index contributed by atoms with van der Waals surface area (Å²) >= 11 is 0. The molecule has 1 aliphatic heterocycles. The van der Waals surface area contributed by atoms with Gasteiger partial charge in [0.05, 0.1) is 0 Å². The summed E-state index contributed by atoms with van der Waals surface area (Å²) in [5, 5.41) is 12.4. The van der Waals surface area contributed by atoms with Gasteiger partial charge in [0.2, 0.25) is 0 Å². The molecule has 0 amide bonds. The number of piperidine rings is 1. The summed E-state index contributed by atoms with van der Waals surface area (Å²) in [7, 11) is 2.11. The van der Waals surface area contributed by atoms with E-state index in [1.807, 2.05) is 12.1 Å². The summed E-state index contributed by atoms with van der Waals surface area (Å²) in [5.74, 6) is 0.728. The second-order valence-electron chi connectivity index (χ2n) is 5.03. The number of hydrogen-bond acceptors (Lipinski definition) is 4. The Kier molecular flexibility index (Phi) is 4.68. The van der Waals surface area contributed by atoms with Crippen molar-refractivity contribution in [3.8, 4) is 6.07 Å². The van der Waals surface area contributed by atoms with Crippen molar-refractivity contribution in [3.05, 3.63) is 29.6 Å². The number of nitrogens with zero attached hydrogens (tertiary/aromatic N) is 3. The third kappa shape index (κ3) is 3.52. The Morgan fingerprint density at radius 1 is 1.61 bits per heavy atom. The molecule has 96 valence electrons. The van der Waals surface area contributed by atoms with Crippen LogP contribution in [-0.4, -0.2) is 36.6 Å². The predicted octanol–water partition coefficient (Wildman–Crippen LogP) is 1.38. The van der Waals surface area contributed by atoms with Crippen LogP contribution in [0.5, 0.6) is 0 Å². The van der Waals surface area contributed by atoms with Crippen LogP contribution in [-0.2, 0) is 6.54 Å². The Bertz CT molecular complexity index is 418. The number of rotatable bonds is 4. The smallest absolute Gasteiger partial charge is 0.144 e. The van der Waals surface area contributed by atoms with Gasteiger partial charge in [0, 0.05) is 24.8 Å². The Labute approximate surface area is 109 Å². The molecule has 0 aliphatic carbocycles. The average Bonchev–Trinajstić information content (AvgIpc) is 2.40. The number of hydrogen-bond donors (Lipinski definition) is 1. The van der Waals surface area contributed by atoms with E-state index in [0.29, 0.717) is 5.69 Å². The van der Waals surface area contributed by atoms with Crippen molar-refractivity contribution in [1.29, 1.82) is 5.26 Å². The second kappa shape index (κ2) is 6.48. The molecule has 4 nitrogen and oxygen atoms in total. The van der Waals surface area contributed by atoms with Crippen molar-refractivity contribution in [2.45, 2.75) is 19.4 Å². The number of nitriles is 1. The van der Waals surface area contributed by atoms with Gasteiger partial charge in [-0.1, -0.05) is 6.07 Å². The van der Waals surface area contributed by atoms with Gasteiger partial charge in [0.1, 0.15) is 11.8 Å². The SMILES string of the molecule is CN(Cc1cccnc1C#N)CC1CCCNC1. The standard InChI is InChI=1S/C14H20N4/c1-18(10-12-4-2-6-16-9-12)11-13-5-3-7-17-14(13)8-15/h3,5,7,12,16H,2,4,6,9-11H2,1H3. The highest BCUT2D eigenvalue weighted by atomic mass is 15.1. The molecule has 1 N–H and O–H groups in total. The number of aromatic nitrogens is 1. The molecule has 0 spiro atoms. The zero-order valence-corrected chi connectivity index (χ0v) is 10.9. The highest BCUT2D eigenvalue weighted by Gasteiger charge is 2.15. The van der Waals surface area contributed by atoms with Gasteiger partial charge in [-0.05, 0) is 45.0 Å². The number of nitrogens with one attached hydrogen (secondary N) is 1. The molecule has 1 aliphatic rings. The van der Waals surface area contributed by atoms with E-state index in [1.165, 1.54) is 12.8 Å². The van der Waals surface area contributed by atoms with Crippen molar-refractivity contribution in [3.63, 3.8) is 0 Å². The summed E-state index contributed by atoms with van der Waals surface area (Å²) in [6.07, 6.45) is 4.25. The van der Waals surface area contributed by atoms with E-state index in [1.54, 1.807) is 6.20 Å². The Balaban J connectivity index is 1.90. The molecule has 0 aromatic carbocycles. The van der Waals surface area contributed by atoms with Crippen LogP contribution in [0.25, 0.3) is 0 Å². The molecule has 0 bridgehead atoms. The van der Waals surface area contributed by atoms with Crippen molar-refractivity contribution >= 4 is 0 Å². The first-order chi connectivity index (χ1) is 8.79. The third-order valence-corrected chi connectivity index (χ3v) is 3.41. The molecule has 0 saturated carbocycles. The lowest BCUT2D eigenvalue weighted by molar-refractivity contribution is 0.237. The lowest BCUT2D eigenvalue weighted by Gasteiger charge is -2.27. The first kappa shape index (κ1) is 13.0. The van der Waals surface area contributed by atoms with E-state index >= 15 is 0 Å². The monoisotopic (exact) mass is 244 g/mol. The van der Waals surface area contributed by atoms with E-state index in [9.17, 15) is 0 Å². The Hall–Kier alpha value is -1.44. The minimum Gasteiger partial charge on any atom is -0.316 e. The quantitative estimate of drug-likeness (QED) is 0.869. The molecule has 1 fully saturated rings. The molecular weight excluding hydrogens is 224 g/mol. The summed E-state index contributed by atoms with van der Waals surface area (Å²) in [6.45, 7) is 4.14. The highest BCUT2D eigenvalue weighted by Crippen LogP contribution is 2.13. The molecule has 4 heteroatoms. The second-order valence-corrected chi connectivity index (χ2v) is 5.03. The maximum absolute atomic E-state index is 9.01. The van der Waals surface area contributed by atoms with E-state index in [-0.39, 0.29) is 0 Å². The van der Waals surface area contributed by atoms with E-state index in [2.05, 4.69) is 28.3 Å². The fourth-order valence-corrected chi connectivity index (χ4v) is 2.54. The van der Waals surface area contributed by atoms with Crippen molar-refractivity contribution in [1.82, 2.24) is 15.2 Å². The molecule has 1 aromatic rings. The van der Waals surface area contributed by atoms with Crippen LogP contribution in [0.1, 0.15) is 24.1 Å². The molecule has 1 atom stereocenters. The van der Waals surface area contributed by atoms with Gasteiger partial charge in [-0.3, -0.25) is 0 Å². The molecule has 2 heterocycles. The first-order valence-corrected chi connectivity index (χ1v) is 6.53. The molecule has 1 saturated heterocycles. The maximum Gasteiger partial charge on any atom is 0.144 e. The fraction of sp³-hybridized carbons (Fsp3) is 0.571. The summed E-state index contributed by atoms with van der Waals surface area (Å²) in [6, 6.07) is 6.04. The number of pyridine rings is 1. The maximum atomic E-state index is 9.01. The fourth-order valence-electron chi connectivity index (χ4n) is 2.54. The average molecular weight is 244 g/mol. The molecule has 1 unspecified atom stereocenters. The minimum atomic E-state index is 0.547. The van der Waals surface area contributed by atoms with Crippen LogP contribution >= 0.6 is 0 Å². The van der Waals surface area contributed by atoms with Crippen LogP contribution in [0.2, 0.25) is 0 Å². The topological polar surface area (TPSA) is 52.0 Å². The highest BCUT2D eigenvalue weighted by molar-refractivity contribution is 5.30. The van der Waals surface area contributed by atoms with Gasteiger partial charge in [-0.2, -0.15) is 5.26 Å². The molecule has 0 radical (unpaired) electrons. The van der Waals surface area contributed by atoms with Crippen LogP contribution in [0.4, 0.5) is 0 Å². The summed E-state index contributed by atoms with van der Waals surface area (Å²) < 4.78 is 0. The van der Waals surface area contributed by atoms with Gasteiger partial charge in [-0.25, -0.2) is 4.98 Å². The van der Waals surface area contributed by atoms with Gasteiger partial charge in [0.25, 0.3) is 0 Å². The third-order valence-electron chi connectivity index (χ3n) is 3.41. The van der Waals surface area contributed by atoms with Gasteiger partial charge < -0.3 is 10.2 Å². The summed E-state index contributed by atoms with van der Waals surface area (Å²) in [5.41, 5.74) is 1.57. The van der Waals surface area contributed by atoms with Gasteiger partial charge >= 0.3 is 0 Å². The zero-order valence-electron chi connectivity index (χ0n) is 10.9. The van der Waals surface area contributed by atoms with Crippen LogP contribution in [0.15, 0.2) is 18.3 Å². The van der Waals surface area contributed by atoms with Crippen LogP contribution < -0.4 is 5.32 Å². The lowest BCUT2D eigenvalue weighted by atomic mass is 9.99. The lowest BCUT2D eigenvalue weighted by Crippen LogP contribution is -2.36. The summed E-state index contributed by atoms with van der Waals surface area (Å²) in [4.78, 5) is 6.38. The van der Waals surface area contributed by atoms with E-state index in [4.69, 9.17) is 5.26 Å².